The standard InChI is InChI=1S/C18H20O2/c1-13(19)17-11-18(17)15-7-9-16(10-8-15)20-12-14-5-3-2-4-6-14/h2-10,13,17-19H,11-12H2,1H3/t13-,17-,18-/m0/s1. The third-order valence-corrected chi connectivity index (χ3v) is 4.02. The van der Waals surface area contributed by atoms with E-state index < -0.39 is 0 Å². The minimum Gasteiger partial charge on any atom is -0.489 e. The summed E-state index contributed by atoms with van der Waals surface area (Å²) in [5.74, 6) is 1.86. The van der Waals surface area contributed by atoms with E-state index in [2.05, 4.69) is 24.3 Å². The first kappa shape index (κ1) is 13.2. The number of hydrogen-bond donors (Lipinski definition) is 1. The molecule has 1 aliphatic carbocycles. The largest absolute Gasteiger partial charge is 0.489 e. The highest BCUT2D eigenvalue weighted by molar-refractivity contribution is 5.33. The highest BCUT2D eigenvalue weighted by atomic mass is 16.5. The Morgan fingerprint density at radius 2 is 1.80 bits per heavy atom. The van der Waals surface area contributed by atoms with Gasteiger partial charge in [0.25, 0.3) is 0 Å². The second kappa shape index (κ2) is 5.68. The van der Waals surface area contributed by atoms with E-state index in [0.717, 1.165) is 12.2 Å². The number of rotatable bonds is 5. The van der Waals surface area contributed by atoms with Crippen molar-refractivity contribution in [2.24, 2.45) is 5.92 Å². The van der Waals surface area contributed by atoms with Gasteiger partial charge in [-0.25, -0.2) is 0 Å². The van der Waals surface area contributed by atoms with E-state index in [1.807, 2.05) is 37.3 Å². The number of ether oxygens (including phenoxy) is 1. The molecule has 0 aliphatic heterocycles. The molecule has 3 rings (SSSR count). The molecule has 0 bridgehead atoms. The summed E-state index contributed by atoms with van der Waals surface area (Å²) < 4.78 is 5.77. The highest BCUT2D eigenvalue weighted by Gasteiger charge is 2.41. The van der Waals surface area contributed by atoms with Gasteiger partial charge in [0.2, 0.25) is 0 Å². The number of aliphatic hydroxyl groups is 1. The Kier molecular flexibility index (Phi) is 3.75. The van der Waals surface area contributed by atoms with Gasteiger partial charge in [0.15, 0.2) is 0 Å². The van der Waals surface area contributed by atoms with E-state index in [0.29, 0.717) is 18.4 Å². The van der Waals surface area contributed by atoms with Crippen LogP contribution >= 0.6 is 0 Å². The van der Waals surface area contributed by atoms with Crippen molar-refractivity contribution >= 4 is 0 Å². The summed E-state index contributed by atoms with van der Waals surface area (Å²) in [6.07, 6.45) is 0.899. The lowest BCUT2D eigenvalue weighted by molar-refractivity contribution is 0.169. The van der Waals surface area contributed by atoms with Crippen molar-refractivity contribution in [1.82, 2.24) is 0 Å². The van der Waals surface area contributed by atoms with Crippen LogP contribution in [0.15, 0.2) is 54.6 Å². The number of aliphatic hydroxyl groups excluding tert-OH is 1. The highest BCUT2D eigenvalue weighted by Crippen LogP contribution is 2.49. The van der Waals surface area contributed by atoms with Gasteiger partial charge in [-0.05, 0) is 48.4 Å². The lowest BCUT2D eigenvalue weighted by Crippen LogP contribution is -2.03. The molecule has 1 saturated carbocycles. The molecule has 20 heavy (non-hydrogen) atoms. The van der Waals surface area contributed by atoms with E-state index in [-0.39, 0.29) is 6.10 Å². The first-order chi connectivity index (χ1) is 9.74. The molecular formula is C18H20O2. The minimum atomic E-state index is -0.200. The van der Waals surface area contributed by atoms with E-state index in [9.17, 15) is 5.11 Å². The van der Waals surface area contributed by atoms with Gasteiger partial charge in [0.1, 0.15) is 12.4 Å². The van der Waals surface area contributed by atoms with E-state index >= 15 is 0 Å². The van der Waals surface area contributed by atoms with Gasteiger partial charge in [-0.1, -0.05) is 42.5 Å². The van der Waals surface area contributed by atoms with Crippen LogP contribution in [0.2, 0.25) is 0 Å². The van der Waals surface area contributed by atoms with Crippen molar-refractivity contribution in [3.63, 3.8) is 0 Å². The minimum absolute atomic E-state index is 0.200. The van der Waals surface area contributed by atoms with Crippen molar-refractivity contribution in [1.29, 1.82) is 0 Å². The molecule has 0 saturated heterocycles. The molecule has 1 N–H and O–H groups in total. The Morgan fingerprint density at radius 3 is 2.40 bits per heavy atom. The fraction of sp³-hybridized carbons (Fsp3) is 0.333. The van der Waals surface area contributed by atoms with E-state index in [1.165, 1.54) is 11.1 Å². The molecule has 0 aromatic heterocycles. The summed E-state index contributed by atoms with van der Waals surface area (Å²) in [4.78, 5) is 0. The molecule has 0 amide bonds. The van der Waals surface area contributed by atoms with Crippen molar-refractivity contribution < 1.29 is 9.84 Å². The zero-order valence-electron chi connectivity index (χ0n) is 11.7. The molecular weight excluding hydrogens is 248 g/mol. The lowest BCUT2D eigenvalue weighted by atomic mass is 10.1. The zero-order chi connectivity index (χ0) is 13.9. The summed E-state index contributed by atoms with van der Waals surface area (Å²) >= 11 is 0. The smallest absolute Gasteiger partial charge is 0.119 e. The molecule has 0 heterocycles. The first-order valence-corrected chi connectivity index (χ1v) is 7.19. The molecule has 104 valence electrons. The molecule has 2 nitrogen and oxygen atoms in total. The second-order valence-electron chi connectivity index (χ2n) is 5.59. The normalized spacial score (nSPS) is 22.3. The quantitative estimate of drug-likeness (QED) is 0.895. The van der Waals surface area contributed by atoms with Crippen molar-refractivity contribution in [3.8, 4) is 5.75 Å². The predicted molar refractivity (Wildman–Crippen MR) is 79.7 cm³/mol. The first-order valence-electron chi connectivity index (χ1n) is 7.19. The van der Waals surface area contributed by atoms with Gasteiger partial charge >= 0.3 is 0 Å². The molecule has 0 radical (unpaired) electrons. The average molecular weight is 268 g/mol. The van der Waals surface area contributed by atoms with Crippen LogP contribution in [0.4, 0.5) is 0 Å². The fourth-order valence-electron chi connectivity index (χ4n) is 2.68. The second-order valence-corrected chi connectivity index (χ2v) is 5.59. The SMILES string of the molecule is C[C@H](O)[C@@H]1C[C@H]1c1ccc(OCc2ccccc2)cc1. The maximum atomic E-state index is 9.56. The van der Waals surface area contributed by atoms with Crippen LogP contribution in [0.1, 0.15) is 30.4 Å². The molecule has 2 heteroatoms. The monoisotopic (exact) mass is 268 g/mol. The summed E-state index contributed by atoms with van der Waals surface area (Å²) in [7, 11) is 0. The molecule has 1 aliphatic rings. The predicted octanol–water partition coefficient (Wildman–Crippen LogP) is 3.75. The maximum absolute atomic E-state index is 9.56. The van der Waals surface area contributed by atoms with Crippen LogP contribution < -0.4 is 4.74 Å². The van der Waals surface area contributed by atoms with Crippen molar-refractivity contribution in [2.45, 2.75) is 32.0 Å². The third kappa shape index (κ3) is 3.02. The molecule has 2 aromatic carbocycles. The van der Waals surface area contributed by atoms with E-state index in [1.54, 1.807) is 0 Å². The molecule has 0 unspecified atom stereocenters. The van der Waals surface area contributed by atoms with Crippen LogP contribution in [0.5, 0.6) is 5.75 Å². The lowest BCUT2D eigenvalue weighted by Gasteiger charge is -2.08. The summed E-state index contributed by atoms with van der Waals surface area (Å²) in [5.41, 5.74) is 2.48. The topological polar surface area (TPSA) is 29.5 Å². The van der Waals surface area contributed by atoms with Gasteiger partial charge in [-0.2, -0.15) is 0 Å². The average Bonchev–Trinajstić information content (AvgIpc) is 3.27. The number of hydrogen-bond acceptors (Lipinski definition) is 2. The fourth-order valence-corrected chi connectivity index (χ4v) is 2.68. The van der Waals surface area contributed by atoms with Crippen LogP contribution in [0, 0.1) is 5.92 Å². The van der Waals surface area contributed by atoms with E-state index in [4.69, 9.17) is 4.74 Å². The third-order valence-electron chi connectivity index (χ3n) is 4.02. The summed E-state index contributed by atoms with van der Waals surface area (Å²) in [5, 5.41) is 9.56. The molecule has 3 atom stereocenters. The van der Waals surface area contributed by atoms with Crippen molar-refractivity contribution in [2.75, 3.05) is 0 Å². The van der Waals surface area contributed by atoms with Gasteiger partial charge < -0.3 is 9.84 Å². The Morgan fingerprint density at radius 1 is 1.10 bits per heavy atom. The van der Waals surface area contributed by atoms with Crippen LogP contribution in [-0.4, -0.2) is 11.2 Å². The van der Waals surface area contributed by atoms with Crippen LogP contribution in [-0.2, 0) is 6.61 Å². The maximum Gasteiger partial charge on any atom is 0.119 e. The van der Waals surface area contributed by atoms with Gasteiger partial charge in [-0.15, -0.1) is 0 Å². The van der Waals surface area contributed by atoms with Crippen molar-refractivity contribution in [3.05, 3.63) is 65.7 Å². The zero-order valence-corrected chi connectivity index (χ0v) is 11.7. The summed E-state index contributed by atoms with van der Waals surface area (Å²) in [6, 6.07) is 18.5. The molecule has 0 spiro atoms. The Labute approximate surface area is 120 Å². The number of benzene rings is 2. The van der Waals surface area contributed by atoms with Crippen LogP contribution in [0.25, 0.3) is 0 Å². The Balaban J connectivity index is 1.57. The van der Waals surface area contributed by atoms with Gasteiger partial charge in [0, 0.05) is 0 Å². The Bertz CT molecular complexity index is 545. The van der Waals surface area contributed by atoms with Gasteiger partial charge in [-0.3, -0.25) is 0 Å². The van der Waals surface area contributed by atoms with Gasteiger partial charge in [0.05, 0.1) is 6.10 Å². The Hall–Kier alpha value is -1.80. The molecule has 1 fully saturated rings. The summed E-state index contributed by atoms with van der Waals surface area (Å²) in [6.45, 7) is 2.47. The van der Waals surface area contributed by atoms with Crippen LogP contribution in [0.3, 0.4) is 0 Å². The molecule has 2 aromatic rings.